The molecule has 0 spiro atoms. The van der Waals surface area contributed by atoms with Gasteiger partial charge in [0.15, 0.2) is 0 Å². The van der Waals surface area contributed by atoms with E-state index in [0.717, 1.165) is 35.2 Å². The van der Waals surface area contributed by atoms with Crippen molar-refractivity contribution >= 4 is 10.9 Å². The van der Waals surface area contributed by atoms with Crippen molar-refractivity contribution in [1.29, 1.82) is 0 Å². The van der Waals surface area contributed by atoms with Crippen molar-refractivity contribution in [3.63, 3.8) is 0 Å². The molecule has 0 unspecified atom stereocenters. The Hall–Kier alpha value is -1.77. The van der Waals surface area contributed by atoms with Gasteiger partial charge in [-0.05, 0) is 25.0 Å². The monoisotopic (exact) mass is 229 g/mol. The Labute approximate surface area is 100 Å². The first-order chi connectivity index (χ1) is 8.29. The van der Waals surface area contributed by atoms with Crippen LogP contribution in [0, 0.1) is 0 Å². The van der Waals surface area contributed by atoms with Crippen molar-refractivity contribution in [3.8, 4) is 11.5 Å². The number of benzene rings is 1. The summed E-state index contributed by atoms with van der Waals surface area (Å²) in [5, 5.41) is 10.9. The lowest BCUT2D eigenvalue weighted by atomic mass is 9.82. The van der Waals surface area contributed by atoms with Crippen molar-refractivity contribution in [1.82, 2.24) is 4.98 Å². The first-order valence-corrected chi connectivity index (χ1v) is 5.96. The summed E-state index contributed by atoms with van der Waals surface area (Å²) < 4.78 is 5.31. The third kappa shape index (κ3) is 1.62. The molecule has 3 nitrogen and oxygen atoms in total. The lowest BCUT2D eigenvalue weighted by Gasteiger charge is -2.25. The molecule has 1 aromatic heterocycles. The van der Waals surface area contributed by atoms with E-state index in [4.69, 9.17) is 4.74 Å². The van der Waals surface area contributed by atoms with Gasteiger partial charge in [0.25, 0.3) is 0 Å². The van der Waals surface area contributed by atoms with Crippen LogP contribution >= 0.6 is 0 Å². The Balaban J connectivity index is 2.20. The number of hydrogen-bond donors (Lipinski definition) is 1. The Morgan fingerprint density at radius 3 is 2.82 bits per heavy atom. The maximum Gasteiger partial charge on any atom is 0.145 e. The average Bonchev–Trinajstić information content (AvgIpc) is 2.27. The molecule has 1 N–H and O–H groups in total. The molecule has 0 saturated heterocycles. The van der Waals surface area contributed by atoms with Crippen LogP contribution in [0.25, 0.3) is 10.9 Å². The van der Waals surface area contributed by atoms with Gasteiger partial charge in [0.1, 0.15) is 17.0 Å². The van der Waals surface area contributed by atoms with Crippen LogP contribution in [0.3, 0.4) is 0 Å². The van der Waals surface area contributed by atoms with E-state index < -0.39 is 0 Å². The van der Waals surface area contributed by atoms with E-state index in [2.05, 4.69) is 4.98 Å². The molecule has 17 heavy (non-hydrogen) atoms. The Morgan fingerprint density at radius 1 is 1.35 bits per heavy atom. The van der Waals surface area contributed by atoms with E-state index in [1.807, 2.05) is 18.2 Å². The van der Waals surface area contributed by atoms with Crippen LogP contribution in [0.1, 0.15) is 30.9 Å². The largest absolute Gasteiger partial charge is 0.506 e. The molecule has 3 rings (SSSR count). The third-order valence-corrected chi connectivity index (χ3v) is 3.53. The zero-order chi connectivity index (χ0) is 11.8. The van der Waals surface area contributed by atoms with Crippen LogP contribution in [-0.2, 0) is 0 Å². The smallest absolute Gasteiger partial charge is 0.145 e. The first-order valence-electron chi connectivity index (χ1n) is 5.96. The second-order valence-electron chi connectivity index (χ2n) is 4.55. The van der Waals surface area contributed by atoms with Crippen molar-refractivity contribution in [2.24, 2.45) is 0 Å². The number of aromatic hydroxyl groups is 1. The topological polar surface area (TPSA) is 42.4 Å². The molecule has 1 aliphatic carbocycles. The van der Waals surface area contributed by atoms with E-state index in [0.29, 0.717) is 11.7 Å². The number of methoxy groups -OCH3 is 1. The van der Waals surface area contributed by atoms with Crippen LogP contribution < -0.4 is 4.74 Å². The normalized spacial score (nSPS) is 15.8. The molecular formula is C14H15NO2. The van der Waals surface area contributed by atoms with Gasteiger partial charge >= 0.3 is 0 Å². The molecule has 3 heteroatoms. The number of nitrogens with zero attached hydrogens (tertiary/aromatic N) is 1. The molecule has 0 atom stereocenters. The summed E-state index contributed by atoms with van der Waals surface area (Å²) in [6.07, 6.45) is 3.48. The highest BCUT2D eigenvalue weighted by Gasteiger charge is 2.24. The zero-order valence-corrected chi connectivity index (χ0v) is 9.81. The van der Waals surface area contributed by atoms with Crippen molar-refractivity contribution in [2.45, 2.75) is 25.2 Å². The Kier molecular flexibility index (Phi) is 2.39. The van der Waals surface area contributed by atoms with Gasteiger partial charge < -0.3 is 9.84 Å². The molecule has 0 amide bonds. The summed E-state index contributed by atoms with van der Waals surface area (Å²) in [5.41, 5.74) is 1.67. The number of pyridine rings is 1. The second kappa shape index (κ2) is 3.91. The van der Waals surface area contributed by atoms with Crippen molar-refractivity contribution in [2.75, 3.05) is 7.11 Å². The fourth-order valence-electron chi connectivity index (χ4n) is 2.32. The summed E-state index contributed by atoms with van der Waals surface area (Å²) >= 11 is 0. The number of para-hydroxylation sites is 1. The third-order valence-electron chi connectivity index (χ3n) is 3.53. The van der Waals surface area contributed by atoms with Gasteiger partial charge in [-0.15, -0.1) is 0 Å². The second-order valence-corrected chi connectivity index (χ2v) is 4.55. The zero-order valence-electron chi connectivity index (χ0n) is 9.81. The van der Waals surface area contributed by atoms with Crippen LogP contribution in [0.4, 0.5) is 0 Å². The van der Waals surface area contributed by atoms with Gasteiger partial charge in [0.05, 0.1) is 12.8 Å². The Morgan fingerprint density at radius 2 is 2.18 bits per heavy atom. The fraction of sp³-hybridized carbons (Fsp3) is 0.357. The van der Waals surface area contributed by atoms with Gasteiger partial charge in [0, 0.05) is 11.3 Å². The number of ether oxygens (including phenoxy) is 1. The molecule has 1 heterocycles. The molecule has 1 aromatic carbocycles. The Bertz CT molecular complexity index is 561. The van der Waals surface area contributed by atoms with Crippen LogP contribution in [0.5, 0.6) is 11.5 Å². The minimum atomic E-state index is 0.315. The molecule has 2 aromatic rings. The van der Waals surface area contributed by atoms with Crippen LogP contribution in [0.15, 0.2) is 24.3 Å². The first kappa shape index (κ1) is 10.4. The van der Waals surface area contributed by atoms with E-state index in [9.17, 15) is 5.11 Å². The SMILES string of the molecule is COc1cccc2cc(O)c(C3CCC3)nc12. The van der Waals surface area contributed by atoms with Gasteiger partial charge in [-0.2, -0.15) is 0 Å². The predicted molar refractivity (Wildman–Crippen MR) is 66.6 cm³/mol. The van der Waals surface area contributed by atoms with Gasteiger partial charge in [0.2, 0.25) is 0 Å². The summed E-state index contributed by atoms with van der Waals surface area (Å²) in [4.78, 5) is 4.59. The van der Waals surface area contributed by atoms with Crippen LogP contribution in [-0.4, -0.2) is 17.2 Å². The molecule has 88 valence electrons. The molecule has 0 aliphatic heterocycles. The summed E-state index contributed by atoms with van der Waals surface area (Å²) in [5.74, 6) is 1.50. The van der Waals surface area contributed by atoms with E-state index >= 15 is 0 Å². The van der Waals surface area contributed by atoms with Gasteiger partial charge in [-0.3, -0.25) is 0 Å². The van der Waals surface area contributed by atoms with Crippen LogP contribution in [0.2, 0.25) is 0 Å². The quantitative estimate of drug-likeness (QED) is 0.859. The minimum absolute atomic E-state index is 0.315. The van der Waals surface area contributed by atoms with Gasteiger partial charge in [-0.25, -0.2) is 4.98 Å². The van der Waals surface area contributed by atoms with Crippen molar-refractivity contribution in [3.05, 3.63) is 30.0 Å². The summed E-state index contributed by atoms with van der Waals surface area (Å²) in [7, 11) is 1.65. The molecule has 1 fully saturated rings. The molecular weight excluding hydrogens is 214 g/mol. The molecule has 1 aliphatic rings. The predicted octanol–water partition coefficient (Wildman–Crippen LogP) is 3.22. The lowest BCUT2D eigenvalue weighted by Crippen LogP contribution is -2.11. The highest BCUT2D eigenvalue weighted by atomic mass is 16.5. The molecule has 0 bridgehead atoms. The molecule has 1 saturated carbocycles. The highest BCUT2D eigenvalue weighted by Crippen LogP contribution is 2.41. The minimum Gasteiger partial charge on any atom is -0.506 e. The lowest BCUT2D eigenvalue weighted by molar-refractivity contribution is 0.383. The maximum atomic E-state index is 10.0. The highest BCUT2D eigenvalue weighted by molar-refractivity contribution is 5.86. The van der Waals surface area contributed by atoms with Gasteiger partial charge in [-0.1, -0.05) is 18.6 Å². The number of fused-ring (bicyclic) bond motifs is 1. The van der Waals surface area contributed by atoms with Crippen molar-refractivity contribution < 1.29 is 9.84 Å². The summed E-state index contributed by atoms with van der Waals surface area (Å²) in [6, 6.07) is 7.54. The van der Waals surface area contributed by atoms with E-state index in [1.54, 1.807) is 13.2 Å². The summed E-state index contributed by atoms with van der Waals surface area (Å²) in [6.45, 7) is 0. The average molecular weight is 229 g/mol. The maximum absolute atomic E-state index is 10.0. The number of hydrogen-bond acceptors (Lipinski definition) is 3. The fourth-order valence-corrected chi connectivity index (χ4v) is 2.32. The number of aromatic nitrogens is 1. The van der Waals surface area contributed by atoms with E-state index in [1.165, 1.54) is 6.42 Å². The molecule has 0 radical (unpaired) electrons. The number of rotatable bonds is 2. The standard InChI is InChI=1S/C14H15NO2/c1-17-12-7-3-6-10-8-11(16)13(15-14(10)12)9-4-2-5-9/h3,6-9,16H,2,4-5H2,1H3. The van der Waals surface area contributed by atoms with E-state index in [-0.39, 0.29) is 0 Å².